The number of ketones is 1. The number of fused-ring (bicyclic) bond motifs is 1. The van der Waals surface area contributed by atoms with Gasteiger partial charge in [-0.15, -0.1) is 0 Å². The summed E-state index contributed by atoms with van der Waals surface area (Å²) in [5.74, 6) is -0.985. The van der Waals surface area contributed by atoms with E-state index in [0.29, 0.717) is 11.3 Å². The Hall–Kier alpha value is -3.85. The SMILES string of the molecule is CC(=O)NS(=O)(=O)c1ccc(CC(=O)c2nc(-c3ccc4c(c3)CC=C4)cnc2N)cc1. The molecule has 0 spiro atoms. The second kappa shape index (κ2) is 8.35. The quantitative estimate of drug-likeness (QED) is 0.554. The Labute approximate surface area is 185 Å². The van der Waals surface area contributed by atoms with Crippen LogP contribution in [0.2, 0.25) is 0 Å². The maximum absolute atomic E-state index is 12.9. The fourth-order valence-corrected chi connectivity index (χ4v) is 4.45. The van der Waals surface area contributed by atoms with E-state index >= 15 is 0 Å². The molecule has 3 aromatic rings. The first-order valence-corrected chi connectivity index (χ1v) is 11.3. The average Bonchev–Trinajstić information content (AvgIpc) is 3.21. The number of allylic oxidation sites excluding steroid dienone is 1. The Morgan fingerprint density at radius 3 is 2.59 bits per heavy atom. The van der Waals surface area contributed by atoms with Gasteiger partial charge in [0, 0.05) is 18.9 Å². The highest BCUT2D eigenvalue weighted by Crippen LogP contribution is 2.26. The van der Waals surface area contributed by atoms with Gasteiger partial charge in [-0.3, -0.25) is 9.59 Å². The highest BCUT2D eigenvalue weighted by Gasteiger charge is 2.18. The van der Waals surface area contributed by atoms with E-state index in [1.54, 1.807) is 0 Å². The predicted octanol–water partition coefficient (Wildman–Crippen LogP) is 2.55. The second-order valence-corrected chi connectivity index (χ2v) is 9.10. The molecule has 8 nitrogen and oxygen atoms in total. The first kappa shape index (κ1) is 21.4. The van der Waals surface area contributed by atoms with Gasteiger partial charge in [-0.2, -0.15) is 0 Å². The van der Waals surface area contributed by atoms with Crippen molar-refractivity contribution in [3.05, 3.63) is 77.1 Å². The fourth-order valence-electron chi connectivity index (χ4n) is 3.46. The number of hydrogen-bond donors (Lipinski definition) is 2. The van der Waals surface area contributed by atoms with Crippen molar-refractivity contribution < 1.29 is 18.0 Å². The summed E-state index contributed by atoms with van der Waals surface area (Å²) in [4.78, 5) is 32.4. The number of nitrogens with zero attached hydrogens (tertiary/aromatic N) is 2. The normalized spacial score (nSPS) is 12.4. The molecule has 32 heavy (non-hydrogen) atoms. The summed E-state index contributed by atoms with van der Waals surface area (Å²) in [7, 11) is -3.94. The number of anilines is 1. The lowest BCUT2D eigenvalue weighted by Gasteiger charge is -2.09. The zero-order valence-corrected chi connectivity index (χ0v) is 18.0. The van der Waals surface area contributed by atoms with Gasteiger partial charge in [0.25, 0.3) is 10.0 Å². The molecule has 1 aliphatic rings. The van der Waals surface area contributed by atoms with Crippen molar-refractivity contribution in [2.24, 2.45) is 0 Å². The minimum absolute atomic E-state index is 0.0308. The van der Waals surface area contributed by atoms with Gasteiger partial charge >= 0.3 is 0 Å². The van der Waals surface area contributed by atoms with E-state index in [2.05, 4.69) is 22.1 Å². The minimum Gasteiger partial charge on any atom is -0.382 e. The molecule has 0 atom stereocenters. The summed E-state index contributed by atoms with van der Waals surface area (Å²) in [6.07, 6.45) is 6.51. The van der Waals surface area contributed by atoms with Gasteiger partial charge in [0.1, 0.15) is 5.69 Å². The third-order valence-corrected chi connectivity index (χ3v) is 6.46. The fraction of sp³-hybridized carbons (Fsp3) is 0.130. The molecule has 2 aromatic carbocycles. The highest BCUT2D eigenvalue weighted by molar-refractivity contribution is 7.90. The van der Waals surface area contributed by atoms with E-state index in [9.17, 15) is 18.0 Å². The molecule has 0 aliphatic heterocycles. The summed E-state index contributed by atoms with van der Waals surface area (Å²) in [6.45, 7) is 1.11. The van der Waals surface area contributed by atoms with E-state index in [1.165, 1.54) is 36.0 Å². The largest absolute Gasteiger partial charge is 0.382 e. The summed E-state index contributed by atoms with van der Waals surface area (Å²) in [5, 5.41) is 0. The maximum atomic E-state index is 12.9. The topological polar surface area (TPSA) is 132 Å². The third kappa shape index (κ3) is 4.42. The van der Waals surface area contributed by atoms with E-state index in [0.717, 1.165) is 24.5 Å². The van der Waals surface area contributed by atoms with Crippen LogP contribution >= 0.6 is 0 Å². The van der Waals surface area contributed by atoms with Gasteiger partial charge in [0.05, 0.1) is 16.8 Å². The maximum Gasteiger partial charge on any atom is 0.264 e. The summed E-state index contributed by atoms with van der Waals surface area (Å²) in [6, 6.07) is 11.6. The highest BCUT2D eigenvalue weighted by atomic mass is 32.2. The van der Waals surface area contributed by atoms with Crippen LogP contribution in [0.25, 0.3) is 17.3 Å². The van der Waals surface area contributed by atoms with Crippen molar-refractivity contribution in [2.75, 3.05) is 5.73 Å². The van der Waals surface area contributed by atoms with Crippen LogP contribution in [0, 0.1) is 0 Å². The Kier molecular flexibility index (Phi) is 5.58. The van der Waals surface area contributed by atoms with E-state index in [4.69, 9.17) is 5.73 Å². The molecule has 162 valence electrons. The Morgan fingerprint density at radius 2 is 1.88 bits per heavy atom. The molecule has 0 saturated carbocycles. The van der Waals surface area contributed by atoms with Crippen LogP contribution in [0.5, 0.6) is 0 Å². The summed E-state index contributed by atoms with van der Waals surface area (Å²) < 4.78 is 26.0. The number of nitrogens with two attached hydrogens (primary N) is 1. The van der Waals surface area contributed by atoms with Crippen molar-refractivity contribution in [3.8, 4) is 11.3 Å². The molecule has 9 heteroatoms. The van der Waals surface area contributed by atoms with Crippen LogP contribution in [0.1, 0.15) is 34.1 Å². The molecule has 1 amide bonds. The number of hydrogen-bond acceptors (Lipinski definition) is 7. The Morgan fingerprint density at radius 1 is 1.12 bits per heavy atom. The monoisotopic (exact) mass is 448 g/mol. The van der Waals surface area contributed by atoms with Crippen molar-refractivity contribution >= 4 is 33.6 Å². The lowest BCUT2D eigenvalue weighted by atomic mass is 10.0. The van der Waals surface area contributed by atoms with Crippen molar-refractivity contribution in [1.29, 1.82) is 0 Å². The number of nitrogen functional groups attached to an aromatic ring is 1. The zero-order chi connectivity index (χ0) is 22.9. The van der Waals surface area contributed by atoms with Gasteiger partial charge in [-0.05, 0) is 41.3 Å². The second-order valence-electron chi connectivity index (χ2n) is 7.41. The van der Waals surface area contributed by atoms with Crippen LogP contribution in [-0.2, 0) is 27.7 Å². The number of Topliss-reactive ketones (excluding diaryl/α,β-unsaturated/α-hetero) is 1. The zero-order valence-electron chi connectivity index (χ0n) is 17.2. The molecule has 1 heterocycles. The molecule has 0 radical (unpaired) electrons. The van der Waals surface area contributed by atoms with Crippen molar-refractivity contribution in [2.45, 2.75) is 24.7 Å². The van der Waals surface area contributed by atoms with Gasteiger partial charge in [-0.1, -0.05) is 36.4 Å². The Bertz CT molecular complexity index is 1360. The van der Waals surface area contributed by atoms with Gasteiger partial charge in [-0.25, -0.2) is 23.1 Å². The predicted molar refractivity (Wildman–Crippen MR) is 120 cm³/mol. The van der Waals surface area contributed by atoms with Crippen LogP contribution in [0.15, 0.2) is 59.6 Å². The van der Waals surface area contributed by atoms with Crippen LogP contribution in [0.3, 0.4) is 0 Å². The van der Waals surface area contributed by atoms with E-state index in [1.807, 2.05) is 22.9 Å². The van der Waals surface area contributed by atoms with Crippen LogP contribution in [-0.4, -0.2) is 30.1 Å². The van der Waals surface area contributed by atoms with Gasteiger partial charge in [0.15, 0.2) is 11.6 Å². The molecular formula is C23H20N4O4S. The number of benzene rings is 2. The summed E-state index contributed by atoms with van der Waals surface area (Å²) in [5.41, 5.74) is 10.3. The number of aromatic nitrogens is 2. The number of sulfonamides is 1. The Balaban J connectivity index is 1.55. The number of rotatable bonds is 6. The van der Waals surface area contributed by atoms with Gasteiger partial charge < -0.3 is 5.73 Å². The number of carbonyl (C=O) groups excluding carboxylic acids is 2. The third-order valence-electron chi connectivity index (χ3n) is 5.02. The minimum atomic E-state index is -3.94. The number of amides is 1. The molecule has 0 fully saturated rings. The molecule has 0 bridgehead atoms. The first-order valence-electron chi connectivity index (χ1n) is 9.81. The molecule has 1 aliphatic carbocycles. The van der Waals surface area contributed by atoms with Crippen molar-refractivity contribution in [3.63, 3.8) is 0 Å². The first-order chi connectivity index (χ1) is 15.2. The number of carbonyl (C=O) groups is 2. The number of nitrogens with one attached hydrogen (secondary N) is 1. The molecule has 1 aromatic heterocycles. The lowest BCUT2D eigenvalue weighted by Crippen LogP contribution is -2.28. The van der Waals surface area contributed by atoms with Crippen molar-refractivity contribution in [1.82, 2.24) is 14.7 Å². The molecular weight excluding hydrogens is 428 g/mol. The summed E-state index contributed by atoms with van der Waals surface area (Å²) >= 11 is 0. The van der Waals surface area contributed by atoms with E-state index in [-0.39, 0.29) is 28.6 Å². The van der Waals surface area contributed by atoms with E-state index < -0.39 is 15.9 Å². The molecule has 4 rings (SSSR count). The smallest absolute Gasteiger partial charge is 0.264 e. The lowest BCUT2D eigenvalue weighted by molar-refractivity contribution is -0.117. The van der Waals surface area contributed by atoms with Crippen LogP contribution < -0.4 is 10.5 Å². The van der Waals surface area contributed by atoms with Gasteiger partial charge in [0.2, 0.25) is 5.91 Å². The molecule has 0 saturated heterocycles. The average molecular weight is 449 g/mol. The standard InChI is InChI=1S/C23H20N4O4S/c1-14(28)27-32(30,31)19-9-5-15(6-10-19)11-21(29)22-23(24)25-13-20(26-22)18-8-7-16-3-2-4-17(16)12-18/h2-3,5-10,12-13H,4,11H2,1H3,(H2,24,25)(H,27,28). The molecule has 0 unspecified atom stereocenters. The molecule has 3 N–H and O–H groups in total. The van der Waals surface area contributed by atoms with Crippen LogP contribution in [0.4, 0.5) is 5.82 Å².